The van der Waals surface area contributed by atoms with Gasteiger partial charge in [0.2, 0.25) is 0 Å². The third-order valence-corrected chi connectivity index (χ3v) is 4.76. The van der Waals surface area contributed by atoms with Crippen molar-refractivity contribution in [3.05, 3.63) is 89.7 Å². The molecule has 26 heavy (non-hydrogen) atoms. The van der Waals surface area contributed by atoms with E-state index in [2.05, 4.69) is 11.1 Å². The standard InChI is InChI=1S/C21H14N4S/c22-14-16(19-9-4-5-11-23-19)13-17-15-25(18-7-2-1-3-8-18)24-21(17)20-10-6-12-26-20/h1-13,15H/b16-13-. The molecule has 1 aromatic carbocycles. The quantitative estimate of drug-likeness (QED) is 0.481. The molecule has 3 aromatic heterocycles. The smallest absolute Gasteiger partial charge is 0.110 e. The maximum absolute atomic E-state index is 9.60. The van der Waals surface area contributed by atoms with E-state index in [4.69, 9.17) is 5.10 Å². The van der Waals surface area contributed by atoms with Crippen LogP contribution in [-0.4, -0.2) is 14.8 Å². The lowest BCUT2D eigenvalue weighted by Crippen LogP contribution is -1.93. The van der Waals surface area contributed by atoms with Crippen LogP contribution in [-0.2, 0) is 0 Å². The van der Waals surface area contributed by atoms with Crippen LogP contribution in [0, 0.1) is 11.3 Å². The van der Waals surface area contributed by atoms with Gasteiger partial charge in [0.25, 0.3) is 0 Å². The molecule has 0 aliphatic carbocycles. The van der Waals surface area contributed by atoms with Gasteiger partial charge >= 0.3 is 0 Å². The van der Waals surface area contributed by atoms with Crippen molar-refractivity contribution in [2.45, 2.75) is 0 Å². The third kappa shape index (κ3) is 3.18. The van der Waals surface area contributed by atoms with Crippen LogP contribution in [0.5, 0.6) is 0 Å². The first-order chi connectivity index (χ1) is 12.8. The summed E-state index contributed by atoms with van der Waals surface area (Å²) in [5, 5.41) is 16.4. The number of hydrogen-bond donors (Lipinski definition) is 0. The van der Waals surface area contributed by atoms with Crippen LogP contribution in [0.15, 0.2) is 78.4 Å². The summed E-state index contributed by atoms with van der Waals surface area (Å²) in [6, 6.07) is 21.8. The highest BCUT2D eigenvalue weighted by Gasteiger charge is 2.13. The molecule has 0 N–H and O–H groups in total. The largest absolute Gasteiger partial charge is 0.256 e. The summed E-state index contributed by atoms with van der Waals surface area (Å²) in [7, 11) is 0. The number of thiophene rings is 1. The lowest BCUT2D eigenvalue weighted by Gasteiger charge is -1.99. The van der Waals surface area contributed by atoms with Gasteiger partial charge in [0.15, 0.2) is 0 Å². The molecule has 0 saturated carbocycles. The minimum atomic E-state index is 0.510. The molecule has 0 radical (unpaired) electrons. The van der Waals surface area contributed by atoms with Crippen LogP contribution in [0.2, 0.25) is 0 Å². The molecule has 3 heterocycles. The molecule has 0 unspecified atom stereocenters. The first-order valence-corrected chi connectivity index (χ1v) is 8.95. The molecular weight excluding hydrogens is 340 g/mol. The summed E-state index contributed by atoms with van der Waals surface area (Å²) in [5.41, 5.74) is 3.88. The number of pyridine rings is 1. The van der Waals surface area contributed by atoms with Gasteiger partial charge in [0.1, 0.15) is 11.8 Å². The Balaban J connectivity index is 1.86. The fourth-order valence-electron chi connectivity index (χ4n) is 2.65. The molecular formula is C21H14N4S. The van der Waals surface area contributed by atoms with Gasteiger partial charge in [-0.3, -0.25) is 4.98 Å². The minimum Gasteiger partial charge on any atom is -0.256 e. The van der Waals surface area contributed by atoms with E-state index < -0.39 is 0 Å². The summed E-state index contributed by atoms with van der Waals surface area (Å²) < 4.78 is 1.84. The monoisotopic (exact) mass is 354 g/mol. The molecule has 0 amide bonds. The molecule has 0 fully saturated rings. The minimum absolute atomic E-state index is 0.510. The summed E-state index contributed by atoms with van der Waals surface area (Å²) in [4.78, 5) is 5.35. The predicted molar refractivity (Wildman–Crippen MR) is 105 cm³/mol. The van der Waals surface area contributed by atoms with Crippen molar-refractivity contribution in [1.82, 2.24) is 14.8 Å². The van der Waals surface area contributed by atoms with Crippen molar-refractivity contribution in [2.24, 2.45) is 0 Å². The zero-order valence-electron chi connectivity index (χ0n) is 13.8. The second-order valence-electron chi connectivity index (χ2n) is 5.58. The number of hydrogen-bond acceptors (Lipinski definition) is 4. The van der Waals surface area contributed by atoms with Crippen LogP contribution in [0.1, 0.15) is 11.3 Å². The number of benzene rings is 1. The molecule has 0 aliphatic rings. The zero-order valence-corrected chi connectivity index (χ0v) is 14.6. The Morgan fingerprint density at radius 3 is 2.58 bits per heavy atom. The molecule has 0 spiro atoms. The van der Waals surface area contributed by atoms with Crippen molar-refractivity contribution < 1.29 is 0 Å². The van der Waals surface area contributed by atoms with Crippen LogP contribution in [0.4, 0.5) is 0 Å². The predicted octanol–water partition coefficient (Wildman–Crippen LogP) is 5.06. The average Bonchev–Trinajstić information content (AvgIpc) is 3.37. The first kappa shape index (κ1) is 16.0. The van der Waals surface area contributed by atoms with Gasteiger partial charge in [-0.2, -0.15) is 10.4 Å². The SMILES string of the molecule is N#C/C(=C/c1cn(-c2ccccc2)nc1-c1cccs1)c1ccccn1. The van der Waals surface area contributed by atoms with Gasteiger partial charge in [-0.15, -0.1) is 11.3 Å². The first-order valence-electron chi connectivity index (χ1n) is 8.07. The summed E-state index contributed by atoms with van der Waals surface area (Å²) >= 11 is 1.63. The average molecular weight is 354 g/mol. The van der Waals surface area contributed by atoms with Crippen LogP contribution in [0.25, 0.3) is 27.9 Å². The Bertz CT molecular complexity index is 1070. The van der Waals surface area contributed by atoms with E-state index >= 15 is 0 Å². The lowest BCUT2D eigenvalue weighted by atomic mass is 10.1. The Kier molecular flexibility index (Phi) is 4.42. The Hall–Kier alpha value is -3.49. The molecule has 0 atom stereocenters. The number of para-hydroxylation sites is 1. The molecule has 0 aliphatic heterocycles. The third-order valence-electron chi connectivity index (χ3n) is 3.88. The van der Waals surface area contributed by atoms with E-state index in [1.54, 1.807) is 17.5 Å². The Labute approximate surface area is 155 Å². The van der Waals surface area contributed by atoms with Crippen molar-refractivity contribution >= 4 is 23.0 Å². The number of allylic oxidation sites excluding steroid dienone is 1. The molecule has 4 nitrogen and oxygen atoms in total. The van der Waals surface area contributed by atoms with Crippen molar-refractivity contribution in [3.8, 4) is 22.3 Å². The molecule has 0 bridgehead atoms. The normalized spacial score (nSPS) is 11.3. The lowest BCUT2D eigenvalue weighted by molar-refractivity contribution is 0.885. The number of nitriles is 1. The highest BCUT2D eigenvalue weighted by Crippen LogP contribution is 2.30. The fraction of sp³-hybridized carbons (Fsp3) is 0. The van der Waals surface area contributed by atoms with E-state index in [-0.39, 0.29) is 0 Å². The Morgan fingerprint density at radius 2 is 1.88 bits per heavy atom. The van der Waals surface area contributed by atoms with Gasteiger partial charge < -0.3 is 0 Å². The summed E-state index contributed by atoms with van der Waals surface area (Å²) in [5.74, 6) is 0. The van der Waals surface area contributed by atoms with Gasteiger partial charge in [-0.1, -0.05) is 30.3 Å². The van der Waals surface area contributed by atoms with E-state index in [0.717, 1.165) is 21.8 Å². The number of aromatic nitrogens is 3. The van der Waals surface area contributed by atoms with Gasteiger partial charge in [0, 0.05) is 18.0 Å². The Morgan fingerprint density at radius 1 is 1.04 bits per heavy atom. The summed E-state index contributed by atoms with van der Waals surface area (Å²) in [6.07, 6.45) is 5.49. The fourth-order valence-corrected chi connectivity index (χ4v) is 3.38. The van der Waals surface area contributed by atoms with Gasteiger partial charge in [-0.25, -0.2) is 4.68 Å². The van der Waals surface area contributed by atoms with E-state index in [0.29, 0.717) is 11.3 Å². The van der Waals surface area contributed by atoms with E-state index in [1.165, 1.54) is 0 Å². The second kappa shape index (κ2) is 7.18. The molecule has 124 valence electrons. The topological polar surface area (TPSA) is 54.5 Å². The number of nitrogens with zero attached hydrogens (tertiary/aromatic N) is 4. The highest BCUT2D eigenvalue weighted by atomic mass is 32.1. The van der Waals surface area contributed by atoms with Gasteiger partial charge in [0.05, 0.1) is 21.8 Å². The van der Waals surface area contributed by atoms with Crippen molar-refractivity contribution in [3.63, 3.8) is 0 Å². The van der Waals surface area contributed by atoms with E-state index in [1.807, 2.05) is 83.0 Å². The summed E-state index contributed by atoms with van der Waals surface area (Å²) in [6.45, 7) is 0. The molecule has 4 aromatic rings. The van der Waals surface area contributed by atoms with Gasteiger partial charge in [-0.05, 0) is 41.8 Å². The zero-order chi connectivity index (χ0) is 17.8. The maximum atomic E-state index is 9.60. The van der Waals surface area contributed by atoms with Crippen LogP contribution < -0.4 is 0 Å². The number of rotatable bonds is 4. The highest BCUT2D eigenvalue weighted by molar-refractivity contribution is 7.13. The van der Waals surface area contributed by atoms with Crippen LogP contribution >= 0.6 is 11.3 Å². The molecule has 0 saturated heterocycles. The second-order valence-corrected chi connectivity index (χ2v) is 6.52. The van der Waals surface area contributed by atoms with Crippen LogP contribution in [0.3, 0.4) is 0 Å². The molecule has 4 rings (SSSR count). The maximum Gasteiger partial charge on any atom is 0.110 e. The van der Waals surface area contributed by atoms with Crippen molar-refractivity contribution in [1.29, 1.82) is 5.26 Å². The van der Waals surface area contributed by atoms with Crippen molar-refractivity contribution in [2.75, 3.05) is 0 Å². The van der Waals surface area contributed by atoms with E-state index in [9.17, 15) is 5.26 Å². The molecule has 5 heteroatoms.